The van der Waals surface area contributed by atoms with Gasteiger partial charge in [0.25, 0.3) is 12.1 Å². The minimum Gasteiger partial charge on any atom is -0.430 e. The molecule has 27 heavy (non-hydrogen) atoms. The Balaban J connectivity index is 2.07. The van der Waals surface area contributed by atoms with Crippen LogP contribution in [0.3, 0.4) is 0 Å². The molecule has 0 saturated carbocycles. The first kappa shape index (κ1) is 19.5. The predicted octanol–water partition coefficient (Wildman–Crippen LogP) is 2.78. The third-order valence-electron chi connectivity index (χ3n) is 3.97. The summed E-state index contributed by atoms with van der Waals surface area (Å²) in [5.74, 6) is -1.00. The summed E-state index contributed by atoms with van der Waals surface area (Å²) in [7, 11) is 0. The van der Waals surface area contributed by atoms with E-state index < -0.39 is 18.1 Å². The number of nitrogens with one attached hydrogen (secondary N) is 1. The first-order chi connectivity index (χ1) is 13.0. The molecule has 0 unspecified atom stereocenters. The molecule has 0 aliphatic carbocycles. The summed E-state index contributed by atoms with van der Waals surface area (Å²) >= 11 is 9.80. The first-order valence-corrected chi connectivity index (χ1v) is 9.59. The van der Waals surface area contributed by atoms with Crippen molar-refractivity contribution in [2.45, 2.75) is 19.1 Å². The molecule has 8 heteroatoms. The molecule has 3 rings (SSSR count). The van der Waals surface area contributed by atoms with Gasteiger partial charge in [-0.3, -0.25) is 9.59 Å². The summed E-state index contributed by atoms with van der Waals surface area (Å²) < 4.78 is 6.14. The van der Waals surface area contributed by atoms with Gasteiger partial charge in [0.05, 0.1) is 24.4 Å². The van der Waals surface area contributed by atoms with Crippen LogP contribution in [0.5, 0.6) is 0 Å². The number of rotatable bonds is 5. The van der Waals surface area contributed by atoms with Crippen LogP contribution in [0, 0.1) is 0 Å². The van der Waals surface area contributed by atoms with Gasteiger partial charge in [-0.05, 0) is 24.3 Å². The molecule has 0 spiro atoms. The second-order valence-electron chi connectivity index (χ2n) is 5.94. The lowest BCUT2D eigenvalue weighted by Gasteiger charge is -2.12. The number of fused-ring (bicyclic) bond motifs is 1. The number of benzene rings is 2. The number of carbonyl (C=O) groups excluding carboxylic acids is 2. The van der Waals surface area contributed by atoms with Crippen LogP contribution in [-0.4, -0.2) is 30.4 Å². The SMILES string of the molecule is [NH3+]CCCC(=O)O[C@@H]1N=C(c2ccccc2Cl)c2cc(Br)ccc2NC1=O. The van der Waals surface area contributed by atoms with E-state index in [1.165, 1.54) is 0 Å². The smallest absolute Gasteiger partial charge is 0.308 e. The van der Waals surface area contributed by atoms with Crippen molar-refractivity contribution in [1.29, 1.82) is 0 Å². The summed E-state index contributed by atoms with van der Waals surface area (Å²) in [5, 5.41) is 3.26. The van der Waals surface area contributed by atoms with Crippen LogP contribution in [0.4, 0.5) is 5.69 Å². The molecule has 6 nitrogen and oxygen atoms in total. The molecule has 2 aromatic rings. The predicted molar refractivity (Wildman–Crippen MR) is 107 cm³/mol. The fraction of sp³-hybridized carbons (Fsp3) is 0.211. The van der Waals surface area contributed by atoms with Crippen molar-refractivity contribution in [3.63, 3.8) is 0 Å². The molecule has 1 aliphatic rings. The molecule has 0 fully saturated rings. The maximum absolute atomic E-state index is 12.6. The molecule has 0 saturated heterocycles. The second-order valence-corrected chi connectivity index (χ2v) is 7.26. The van der Waals surface area contributed by atoms with Gasteiger partial charge in [0.15, 0.2) is 0 Å². The molecule has 2 aromatic carbocycles. The highest BCUT2D eigenvalue weighted by Crippen LogP contribution is 2.30. The monoisotopic (exact) mass is 450 g/mol. The van der Waals surface area contributed by atoms with E-state index in [4.69, 9.17) is 16.3 Å². The highest BCUT2D eigenvalue weighted by molar-refractivity contribution is 9.10. The quantitative estimate of drug-likeness (QED) is 0.684. The van der Waals surface area contributed by atoms with Gasteiger partial charge in [-0.1, -0.05) is 45.7 Å². The van der Waals surface area contributed by atoms with Crippen molar-refractivity contribution in [2.75, 3.05) is 11.9 Å². The normalized spacial score (nSPS) is 16.0. The number of hydrogen-bond acceptors (Lipinski definition) is 4. The largest absolute Gasteiger partial charge is 0.430 e. The van der Waals surface area contributed by atoms with E-state index in [-0.39, 0.29) is 6.42 Å². The van der Waals surface area contributed by atoms with Crippen LogP contribution in [-0.2, 0) is 14.3 Å². The van der Waals surface area contributed by atoms with Crippen molar-refractivity contribution in [1.82, 2.24) is 0 Å². The zero-order valence-electron chi connectivity index (χ0n) is 14.4. The average molecular weight is 452 g/mol. The molecule has 4 N–H and O–H groups in total. The molecule has 0 bridgehead atoms. The van der Waals surface area contributed by atoms with Gasteiger partial charge in [0.1, 0.15) is 0 Å². The fourth-order valence-electron chi connectivity index (χ4n) is 2.66. The lowest BCUT2D eigenvalue weighted by Crippen LogP contribution is -2.50. The van der Waals surface area contributed by atoms with Crippen molar-refractivity contribution in [3.8, 4) is 0 Å². The fourth-order valence-corrected chi connectivity index (χ4v) is 3.25. The van der Waals surface area contributed by atoms with E-state index in [1.54, 1.807) is 12.1 Å². The van der Waals surface area contributed by atoms with Gasteiger partial charge >= 0.3 is 5.97 Å². The van der Waals surface area contributed by atoms with Gasteiger partial charge in [-0.2, -0.15) is 0 Å². The van der Waals surface area contributed by atoms with E-state index in [0.717, 1.165) is 4.47 Å². The van der Waals surface area contributed by atoms with Gasteiger partial charge in [0.2, 0.25) is 0 Å². The number of carbonyl (C=O) groups is 2. The maximum atomic E-state index is 12.6. The van der Waals surface area contributed by atoms with E-state index in [9.17, 15) is 9.59 Å². The van der Waals surface area contributed by atoms with E-state index in [1.807, 2.05) is 30.3 Å². The summed E-state index contributed by atoms with van der Waals surface area (Å²) in [6.07, 6.45) is -0.524. The molecule has 1 heterocycles. The topological polar surface area (TPSA) is 95.4 Å². The summed E-state index contributed by atoms with van der Waals surface area (Å²) in [6, 6.07) is 12.6. The standard InChI is InChI=1S/C19H17BrClN3O3/c20-11-7-8-15-13(10-11)17(12-4-1-2-5-14(12)21)24-19(18(26)23-15)27-16(25)6-3-9-22/h1-2,4-5,7-8,10,19H,3,6,9,22H2,(H,23,26)/p+1/t19-/m0/s1. The number of benzodiazepines with no additional fused rings is 1. The van der Waals surface area contributed by atoms with Gasteiger partial charge in [-0.15, -0.1) is 0 Å². The Morgan fingerprint density at radius 3 is 2.78 bits per heavy atom. The van der Waals surface area contributed by atoms with Crippen LogP contribution in [0.1, 0.15) is 24.0 Å². The lowest BCUT2D eigenvalue weighted by molar-refractivity contribution is -0.368. The Morgan fingerprint density at radius 2 is 2.04 bits per heavy atom. The van der Waals surface area contributed by atoms with Crippen LogP contribution in [0.25, 0.3) is 0 Å². The Morgan fingerprint density at radius 1 is 1.26 bits per heavy atom. The highest BCUT2D eigenvalue weighted by Gasteiger charge is 2.29. The van der Waals surface area contributed by atoms with Gasteiger partial charge in [0, 0.05) is 27.0 Å². The number of esters is 1. The minimum absolute atomic E-state index is 0.183. The Bertz CT molecular complexity index is 917. The highest BCUT2D eigenvalue weighted by atomic mass is 79.9. The van der Waals surface area contributed by atoms with Crippen LogP contribution >= 0.6 is 27.5 Å². The summed E-state index contributed by atoms with van der Waals surface area (Å²) in [6.45, 7) is 0.611. The maximum Gasteiger partial charge on any atom is 0.308 e. The zero-order chi connectivity index (χ0) is 19.4. The van der Waals surface area contributed by atoms with Crippen molar-refractivity contribution in [2.24, 2.45) is 4.99 Å². The number of nitrogens with zero attached hydrogens (tertiary/aromatic N) is 1. The number of anilines is 1. The average Bonchev–Trinajstić information content (AvgIpc) is 2.77. The van der Waals surface area contributed by atoms with Crippen LogP contribution in [0.2, 0.25) is 5.02 Å². The van der Waals surface area contributed by atoms with E-state index in [2.05, 4.69) is 32.0 Å². The Hall–Kier alpha value is -2.22. The third-order valence-corrected chi connectivity index (χ3v) is 4.79. The van der Waals surface area contributed by atoms with Crippen LogP contribution in [0.15, 0.2) is 51.9 Å². The molecule has 0 aromatic heterocycles. The second kappa shape index (κ2) is 8.65. The van der Waals surface area contributed by atoms with Crippen molar-refractivity contribution < 1.29 is 20.1 Å². The molecule has 0 radical (unpaired) electrons. The van der Waals surface area contributed by atoms with E-state index in [0.29, 0.717) is 40.5 Å². The van der Waals surface area contributed by atoms with Crippen molar-refractivity contribution in [3.05, 3.63) is 63.1 Å². The molecule has 1 atom stereocenters. The van der Waals surface area contributed by atoms with Crippen molar-refractivity contribution >= 4 is 50.8 Å². The zero-order valence-corrected chi connectivity index (χ0v) is 16.7. The molecule has 1 amide bonds. The van der Waals surface area contributed by atoms with Gasteiger partial charge < -0.3 is 15.8 Å². The Kier molecular flexibility index (Phi) is 6.26. The number of ether oxygens (including phenoxy) is 1. The molecular formula is C19H18BrClN3O3+. The molecular weight excluding hydrogens is 434 g/mol. The molecule has 140 valence electrons. The summed E-state index contributed by atoms with van der Waals surface area (Å²) in [4.78, 5) is 29.1. The Labute approximate surface area is 169 Å². The minimum atomic E-state index is -1.29. The van der Waals surface area contributed by atoms with Crippen LogP contribution < -0.4 is 11.1 Å². The van der Waals surface area contributed by atoms with E-state index >= 15 is 0 Å². The number of aliphatic imine (C=N–C) groups is 1. The third kappa shape index (κ3) is 4.55. The number of quaternary nitrogens is 1. The lowest BCUT2D eigenvalue weighted by atomic mass is 10.0. The first-order valence-electron chi connectivity index (χ1n) is 8.42. The number of hydrogen-bond donors (Lipinski definition) is 2. The van der Waals surface area contributed by atoms with Gasteiger partial charge in [-0.25, -0.2) is 4.99 Å². The number of amides is 1. The molecule has 1 aliphatic heterocycles. The summed E-state index contributed by atoms with van der Waals surface area (Å²) in [5.41, 5.74) is 6.07. The number of halogens is 2.